The van der Waals surface area contributed by atoms with Crippen LogP contribution in [0.25, 0.3) is 0 Å². The van der Waals surface area contributed by atoms with Crippen molar-refractivity contribution in [1.82, 2.24) is 15.3 Å². The molecule has 1 heterocycles. The standard InChI is InChI=1S/C19H26N4O/c1-15(2)10-12-21-19-22-13-17(14-23-19)18(24)20-11-6-9-16-7-4-3-5-8-16/h3-5,7-8,13-15H,6,9-12H2,1-2H3,(H,20,24)(H,21,22,23). The minimum Gasteiger partial charge on any atom is -0.354 e. The van der Waals surface area contributed by atoms with E-state index < -0.39 is 0 Å². The van der Waals surface area contributed by atoms with Crippen LogP contribution in [0.15, 0.2) is 42.7 Å². The Morgan fingerprint density at radius 1 is 1.08 bits per heavy atom. The number of carbonyl (C=O) groups is 1. The molecule has 128 valence electrons. The molecule has 2 rings (SSSR count). The van der Waals surface area contributed by atoms with E-state index in [9.17, 15) is 4.79 Å². The molecule has 0 aliphatic heterocycles. The molecule has 0 aliphatic carbocycles. The molecule has 0 radical (unpaired) electrons. The number of anilines is 1. The summed E-state index contributed by atoms with van der Waals surface area (Å²) in [5, 5.41) is 6.07. The summed E-state index contributed by atoms with van der Waals surface area (Å²) < 4.78 is 0. The van der Waals surface area contributed by atoms with Crippen LogP contribution in [0.2, 0.25) is 0 Å². The number of aromatic nitrogens is 2. The van der Waals surface area contributed by atoms with Crippen molar-refractivity contribution in [3.05, 3.63) is 53.9 Å². The number of aryl methyl sites for hydroxylation is 1. The molecule has 1 amide bonds. The lowest BCUT2D eigenvalue weighted by molar-refractivity contribution is 0.0952. The Labute approximate surface area is 143 Å². The van der Waals surface area contributed by atoms with Crippen molar-refractivity contribution >= 4 is 11.9 Å². The Bertz CT molecular complexity index is 611. The number of hydrogen-bond acceptors (Lipinski definition) is 4. The highest BCUT2D eigenvalue weighted by Gasteiger charge is 2.06. The molecule has 0 spiro atoms. The van der Waals surface area contributed by atoms with Gasteiger partial charge in [-0.25, -0.2) is 9.97 Å². The number of benzene rings is 1. The Hall–Kier alpha value is -2.43. The van der Waals surface area contributed by atoms with Gasteiger partial charge < -0.3 is 10.6 Å². The molecule has 0 saturated heterocycles. The van der Waals surface area contributed by atoms with Gasteiger partial charge in [-0.3, -0.25) is 4.79 Å². The molecule has 5 nitrogen and oxygen atoms in total. The average molecular weight is 326 g/mol. The molecule has 2 N–H and O–H groups in total. The van der Waals surface area contributed by atoms with Crippen LogP contribution in [-0.4, -0.2) is 29.0 Å². The molecule has 0 bridgehead atoms. The van der Waals surface area contributed by atoms with Gasteiger partial charge >= 0.3 is 0 Å². The largest absolute Gasteiger partial charge is 0.354 e. The number of nitrogens with one attached hydrogen (secondary N) is 2. The van der Waals surface area contributed by atoms with E-state index in [0.29, 0.717) is 24.0 Å². The van der Waals surface area contributed by atoms with Crippen LogP contribution in [0.1, 0.15) is 42.6 Å². The smallest absolute Gasteiger partial charge is 0.254 e. The normalized spacial score (nSPS) is 10.6. The van der Waals surface area contributed by atoms with Gasteiger partial charge in [0.1, 0.15) is 0 Å². The fourth-order valence-corrected chi connectivity index (χ4v) is 2.25. The Morgan fingerprint density at radius 3 is 2.46 bits per heavy atom. The maximum absolute atomic E-state index is 12.1. The molecule has 2 aromatic rings. The first-order chi connectivity index (χ1) is 11.6. The van der Waals surface area contributed by atoms with E-state index in [1.165, 1.54) is 5.56 Å². The van der Waals surface area contributed by atoms with Gasteiger partial charge in [-0.1, -0.05) is 44.2 Å². The maximum Gasteiger partial charge on any atom is 0.254 e. The first kappa shape index (κ1) is 17.9. The van der Waals surface area contributed by atoms with E-state index in [2.05, 4.69) is 46.6 Å². The van der Waals surface area contributed by atoms with Gasteiger partial charge in [0.05, 0.1) is 5.56 Å². The highest BCUT2D eigenvalue weighted by Crippen LogP contribution is 2.04. The van der Waals surface area contributed by atoms with Crippen molar-refractivity contribution in [3.8, 4) is 0 Å². The number of nitrogens with zero attached hydrogens (tertiary/aromatic N) is 2. The summed E-state index contributed by atoms with van der Waals surface area (Å²) in [6.07, 6.45) is 6.06. The molecule has 0 fully saturated rings. The lowest BCUT2D eigenvalue weighted by Gasteiger charge is -2.08. The van der Waals surface area contributed by atoms with Gasteiger partial charge in [0, 0.05) is 25.5 Å². The molecular weight excluding hydrogens is 300 g/mol. The number of carbonyl (C=O) groups excluding carboxylic acids is 1. The molecular formula is C19H26N4O. The fourth-order valence-electron chi connectivity index (χ4n) is 2.25. The molecule has 1 aromatic carbocycles. The third-order valence-corrected chi connectivity index (χ3v) is 3.69. The lowest BCUT2D eigenvalue weighted by atomic mass is 10.1. The predicted molar refractivity (Wildman–Crippen MR) is 97.1 cm³/mol. The lowest BCUT2D eigenvalue weighted by Crippen LogP contribution is -2.25. The summed E-state index contributed by atoms with van der Waals surface area (Å²) in [7, 11) is 0. The second kappa shape index (κ2) is 9.65. The Kier molecular flexibility index (Phi) is 7.21. The van der Waals surface area contributed by atoms with Crippen molar-refractivity contribution in [1.29, 1.82) is 0 Å². The van der Waals surface area contributed by atoms with Crippen LogP contribution in [0.4, 0.5) is 5.95 Å². The molecule has 0 atom stereocenters. The van der Waals surface area contributed by atoms with Gasteiger partial charge in [0.2, 0.25) is 5.95 Å². The van der Waals surface area contributed by atoms with E-state index in [4.69, 9.17) is 0 Å². The minimum absolute atomic E-state index is 0.128. The summed E-state index contributed by atoms with van der Waals surface area (Å²) in [6, 6.07) is 10.3. The SMILES string of the molecule is CC(C)CCNc1ncc(C(=O)NCCCc2ccccc2)cn1. The fraction of sp³-hybridized carbons (Fsp3) is 0.421. The molecule has 24 heavy (non-hydrogen) atoms. The number of rotatable bonds is 9. The zero-order chi connectivity index (χ0) is 17.2. The van der Waals surface area contributed by atoms with Crippen molar-refractivity contribution in [2.45, 2.75) is 33.1 Å². The second-order valence-corrected chi connectivity index (χ2v) is 6.25. The van der Waals surface area contributed by atoms with Crippen LogP contribution in [0, 0.1) is 5.92 Å². The van der Waals surface area contributed by atoms with Crippen LogP contribution in [0.5, 0.6) is 0 Å². The summed E-state index contributed by atoms with van der Waals surface area (Å²) >= 11 is 0. The molecule has 5 heteroatoms. The Morgan fingerprint density at radius 2 is 1.79 bits per heavy atom. The summed E-state index contributed by atoms with van der Waals surface area (Å²) in [5.74, 6) is 1.08. The van der Waals surface area contributed by atoms with Gasteiger partial charge in [-0.2, -0.15) is 0 Å². The zero-order valence-electron chi connectivity index (χ0n) is 14.5. The number of hydrogen-bond donors (Lipinski definition) is 2. The van der Waals surface area contributed by atoms with Gasteiger partial charge in [0.15, 0.2) is 0 Å². The first-order valence-corrected chi connectivity index (χ1v) is 8.53. The summed E-state index contributed by atoms with van der Waals surface area (Å²) in [6.45, 7) is 5.83. The van der Waals surface area contributed by atoms with Crippen LogP contribution in [0.3, 0.4) is 0 Å². The molecule has 0 unspecified atom stereocenters. The highest BCUT2D eigenvalue weighted by molar-refractivity contribution is 5.93. The maximum atomic E-state index is 12.1. The Balaban J connectivity index is 1.70. The third kappa shape index (κ3) is 6.36. The summed E-state index contributed by atoms with van der Waals surface area (Å²) in [4.78, 5) is 20.4. The van der Waals surface area contributed by atoms with Crippen molar-refractivity contribution in [2.75, 3.05) is 18.4 Å². The van der Waals surface area contributed by atoms with Crippen LogP contribution >= 0.6 is 0 Å². The van der Waals surface area contributed by atoms with E-state index in [0.717, 1.165) is 25.8 Å². The first-order valence-electron chi connectivity index (χ1n) is 8.53. The molecule has 0 aliphatic rings. The zero-order valence-corrected chi connectivity index (χ0v) is 14.5. The van der Waals surface area contributed by atoms with Crippen LogP contribution < -0.4 is 10.6 Å². The predicted octanol–water partition coefficient (Wildman–Crippen LogP) is 3.30. The second-order valence-electron chi connectivity index (χ2n) is 6.25. The topological polar surface area (TPSA) is 66.9 Å². The van der Waals surface area contributed by atoms with Crippen molar-refractivity contribution in [2.24, 2.45) is 5.92 Å². The number of amides is 1. The van der Waals surface area contributed by atoms with E-state index in [-0.39, 0.29) is 5.91 Å². The van der Waals surface area contributed by atoms with E-state index >= 15 is 0 Å². The van der Waals surface area contributed by atoms with Gasteiger partial charge in [0.25, 0.3) is 5.91 Å². The monoisotopic (exact) mass is 326 g/mol. The average Bonchev–Trinajstić information content (AvgIpc) is 2.60. The van der Waals surface area contributed by atoms with Crippen LogP contribution in [-0.2, 0) is 6.42 Å². The quantitative estimate of drug-likeness (QED) is 0.694. The highest BCUT2D eigenvalue weighted by atomic mass is 16.1. The van der Waals surface area contributed by atoms with Crippen molar-refractivity contribution < 1.29 is 4.79 Å². The van der Waals surface area contributed by atoms with Gasteiger partial charge in [-0.15, -0.1) is 0 Å². The molecule has 0 saturated carbocycles. The van der Waals surface area contributed by atoms with E-state index in [1.807, 2.05) is 18.2 Å². The van der Waals surface area contributed by atoms with Gasteiger partial charge in [-0.05, 0) is 30.7 Å². The summed E-state index contributed by atoms with van der Waals surface area (Å²) in [5.41, 5.74) is 1.77. The third-order valence-electron chi connectivity index (χ3n) is 3.69. The minimum atomic E-state index is -0.128. The van der Waals surface area contributed by atoms with E-state index in [1.54, 1.807) is 12.4 Å². The molecule has 1 aromatic heterocycles. The van der Waals surface area contributed by atoms with Crippen molar-refractivity contribution in [3.63, 3.8) is 0 Å².